The summed E-state index contributed by atoms with van der Waals surface area (Å²) in [5.74, 6) is -0.915. The van der Waals surface area contributed by atoms with Crippen molar-refractivity contribution >= 4 is 79.3 Å². The standard InChI is InChI=1S/C24H23ClFN5O2.C22H19ClFN5O2/c1-2-33-24(32)19-12-3-5-13(6-4-12)20(19)31-11-18(26)17-10-29-22(30-23(17)31)16-9-28-21-15(16)7-14(25)8-27-21;23-12-5-13-14(7-26-19(13)25-6-12)20-27-8-15-16(24)9-29(21(15)28-20)18-11-3-1-10(2-4-11)17(18)22(30)31/h7-13,19-20H,2-6H2,1H3,(H,27,28);5-11,17-18H,1-4H2,(H,25,26)(H,30,31)/t12?,13?,19-,20-;10?,11?,17-,18?/m00/s1. The quantitative estimate of drug-likeness (QED) is 0.130. The fraction of sp³-hybridized carbons (Fsp3) is 0.391. The topological polar surface area (TPSA) is 182 Å². The Kier molecular flexibility index (Phi) is 10.1. The van der Waals surface area contributed by atoms with Crippen molar-refractivity contribution in [3.05, 3.63) is 83.4 Å². The highest BCUT2D eigenvalue weighted by Gasteiger charge is 2.50. The molecule has 14 nitrogen and oxygen atoms in total. The summed E-state index contributed by atoms with van der Waals surface area (Å²) in [6.45, 7) is 2.16. The molecule has 0 radical (unpaired) electrons. The maximum absolute atomic E-state index is 15.0. The highest BCUT2D eigenvalue weighted by molar-refractivity contribution is 6.31. The van der Waals surface area contributed by atoms with Gasteiger partial charge in [-0.05, 0) is 94.1 Å². The molecule has 8 aromatic heterocycles. The van der Waals surface area contributed by atoms with Crippen LogP contribution in [0.2, 0.25) is 10.0 Å². The Hall–Kier alpha value is -6.00. The number of aromatic amines is 2. The third kappa shape index (κ3) is 6.70. The Balaban J connectivity index is 0.000000143. The summed E-state index contributed by atoms with van der Waals surface area (Å²) in [4.78, 5) is 58.2. The van der Waals surface area contributed by atoms with Gasteiger partial charge in [-0.1, -0.05) is 23.2 Å². The van der Waals surface area contributed by atoms with Crippen molar-refractivity contribution in [3.63, 3.8) is 0 Å². The summed E-state index contributed by atoms with van der Waals surface area (Å²) in [7, 11) is 0. The van der Waals surface area contributed by atoms with Crippen molar-refractivity contribution in [2.45, 2.75) is 70.4 Å². The number of nitrogens with one attached hydrogen (secondary N) is 2. The van der Waals surface area contributed by atoms with E-state index in [0.717, 1.165) is 67.7 Å². The first-order valence-electron chi connectivity index (χ1n) is 21.8. The second-order valence-electron chi connectivity index (χ2n) is 17.6. The molecular weight excluding hydrogens is 865 g/mol. The summed E-state index contributed by atoms with van der Waals surface area (Å²) in [6.07, 6.45) is 20.4. The average Bonchev–Trinajstić information content (AvgIpc) is 4.09. The van der Waals surface area contributed by atoms with Crippen LogP contribution in [0.15, 0.2) is 61.7 Å². The Morgan fingerprint density at radius 1 is 0.672 bits per heavy atom. The number of aromatic nitrogens is 10. The van der Waals surface area contributed by atoms with Crippen LogP contribution in [0.3, 0.4) is 0 Å². The number of aliphatic carboxylic acids is 1. The van der Waals surface area contributed by atoms with E-state index in [9.17, 15) is 19.1 Å². The number of carbonyl (C=O) groups excluding carboxylic acids is 1. The van der Waals surface area contributed by atoms with Crippen molar-refractivity contribution in [2.75, 3.05) is 6.61 Å². The number of ether oxygens (including phenoxy) is 1. The number of carboxylic acid groups (broad SMARTS) is 1. The molecule has 8 heterocycles. The lowest BCUT2D eigenvalue weighted by atomic mass is 9.61. The number of esters is 1. The molecule has 0 aliphatic heterocycles. The lowest BCUT2D eigenvalue weighted by Crippen LogP contribution is -2.45. The third-order valence-electron chi connectivity index (χ3n) is 14.4. The molecule has 4 bridgehead atoms. The van der Waals surface area contributed by atoms with Gasteiger partial charge in [0.05, 0.1) is 51.3 Å². The van der Waals surface area contributed by atoms with Crippen LogP contribution < -0.4 is 0 Å². The van der Waals surface area contributed by atoms with Crippen LogP contribution in [0.1, 0.15) is 70.4 Å². The van der Waals surface area contributed by atoms with E-state index in [-0.39, 0.29) is 53.5 Å². The van der Waals surface area contributed by atoms with Gasteiger partial charge in [0, 0.05) is 71.5 Å². The first kappa shape index (κ1) is 40.8. The molecule has 6 aliphatic carbocycles. The van der Waals surface area contributed by atoms with Crippen molar-refractivity contribution in [2.24, 2.45) is 35.5 Å². The van der Waals surface area contributed by atoms with Gasteiger partial charge in [-0.25, -0.2) is 38.7 Å². The number of carboxylic acids is 1. The molecule has 3 N–H and O–H groups in total. The molecule has 4 atom stereocenters. The molecule has 8 aromatic rings. The van der Waals surface area contributed by atoms with Crippen LogP contribution in [0.5, 0.6) is 0 Å². The number of hydrogen-bond acceptors (Lipinski definition) is 9. The third-order valence-corrected chi connectivity index (χ3v) is 14.8. The van der Waals surface area contributed by atoms with Crippen LogP contribution in [-0.4, -0.2) is 72.7 Å². The number of fused-ring (bicyclic) bond motifs is 10. The number of halogens is 4. The second-order valence-corrected chi connectivity index (χ2v) is 18.5. The SMILES string of the molecule is CCOC(=O)[C@H]1C2CCC(CC2)[C@@H]1n1cc(F)c2cnc(-c3c[nH]c4ncc(Cl)cc34)nc21.O=C(O)[C@H]1C2CCC(CC2)C1n1cc(F)c2cnc(-c3c[nH]c4ncc(Cl)cc34)nc21. The van der Waals surface area contributed by atoms with Crippen LogP contribution in [0.4, 0.5) is 8.78 Å². The molecule has 0 aromatic carbocycles. The molecular formula is C46H42Cl2F2N10O4. The number of carbonyl (C=O) groups is 2. The van der Waals surface area contributed by atoms with E-state index in [2.05, 4.69) is 29.9 Å². The molecule has 0 amide bonds. The maximum Gasteiger partial charge on any atom is 0.311 e. The molecule has 6 aliphatic rings. The van der Waals surface area contributed by atoms with E-state index in [1.165, 1.54) is 24.8 Å². The van der Waals surface area contributed by atoms with E-state index in [1.807, 2.05) is 11.5 Å². The summed E-state index contributed by atoms with van der Waals surface area (Å²) in [5.41, 5.74) is 3.69. The van der Waals surface area contributed by atoms with Crippen LogP contribution >= 0.6 is 23.2 Å². The lowest BCUT2D eigenvalue weighted by Gasteiger charge is -2.47. The van der Waals surface area contributed by atoms with E-state index in [0.29, 0.717) is 67.2 Å². The van der Waals surface area contributed by atoms with E-state index >= 15 is 4.39 Å². The van der Waals surface area contributed by atoms with E-state index in [4.69, 9.17) is 37.9 Å². The van der Waals surface area contributed by atoms with Crippen molar-refractivity contribution in [3.8, 4) is 22.8 Å². The zero-order chi connectivity index (χ0) is 44.0. The molecule has 6 saturated carbocycles. The minimum Gasteiger partial charge on any atom is -0.481 e. The Morgan fingerprint density at radius 3 is 1.56 bits per heavy atom. The molecule has 328 valence electrons. The molecule has 14 rings (SSSR count). The van der Waals surface area contributed by atoms with Gasteiger partial charge < -0.3 is 28.9 Å². The summed E-state index contributed by atoms with van der Waals surface area (Å²) in [6, 6.07) is 3.10. The second kappa shape index (κ2) is 15.9. The number of hydrogen-bond donors (Lipinski definition) is 3. The van der Waals surface area contributed by atoms with E-state index in [1.54, 1.807) is 41.5 Å². The fourth-order valence-corrected chi connectivity index (χ4v) is 11.9. The number of pyridine rings is 2. The van der Waals surface area contributed by atoms with Gasteiger partial charge in [0.25, 0.3) is 0 Å². The van der Waals surface area contributed by atoms with Gasteiger partial charge >= 0.3 is 11.9 Å². The Labute approximate surface area is 373 Å². The molecule has 64 heavy (non-hydrogen) atoms. The van der Waals surface area contributed by atoms with Crippen molar-refractivity contribution in [1.82, 2.24) is 49.0 Å². The molecule has 0 saturated heterocycles. The van der Waals surface area contributed by atoms with Crippen molar-refractivity contribution in [1.29, 1.82) is 0 Å². The smallest absolute Gasteiger partial charge is 0.311 e. The highest BCUT2D eigenvalue weighted by atomic mass is 35.5. The summed E-state index contributed by atoms with van der Waals surface area (Å²) < 4.78 is 38.9. The molecule has 18 heteroatoms. The van der Waals surface area contributed by atoms with Gasteiger partial charge in [0.15, 0.2) is 23.3 Å². The Morgan fingerprint density at radius 2 is 1.11 bits per heavy atom. The van der Waals surface area contributed by atoms with Gasteiger partial charge in [-0.15, -0.1) is 0 Å². The lowest BCUT2D eigenvalue weighted by molar-refractivity contribution is -0.157. The average molecular weight is 908 g/mol. The van der Waals surface area contributed by atoms with Crippen LogP contribution in [0, 0.1) is 47.1 Å². The zero-order valence-corrected chi connectivity index (χ0v) is 36.0. The monoisotopic (exact) mass is 906 g/mol. The molecule has 6 fully saturated rings. The minimum atomic E-state index is -0.812. The van der Waals surface area contributed by atoms with Crippen molar-refractivity contribution < 1.29 is 28.2 Å². The first-order valence-corrected chi connectivity index (χ1v) is 22.5. The van der Waals surface area contributed by atoms with Crippen LogP contribution in [-0.2, 0) is 14.3 Å². The number of H-pyrrole nitrogens is 2. The van der Waals surface area contributed by atoms with Gasteiger partial charge in [-0.3, -0.25) is 9.59 Å². The van der Waals surface area contributed by atoms with Crippen LogP contribution in [0.25, 0.3) is 66.9 Å². The number of rotatable bonds is 7. The van der Waals surface area contributed by atoms with Gasteiger partial charge in [0.2, 0.25) is 0 Å². The largest absolute Gasteiger partial charge is 0.481 e. The minimum absolute atomic E-state index is 0.121. The maximum atomic E-state index is 15.0. The highest BCUT2D eigenvalue weighted by Crippen LogP contribution is 2.54. The first-order chi connectivity index (χ1) is 31.1. The molecule has 0 spiro atoms. The zero-order valence-electron chi connectivity index (χ0n) is 34.5. The summed E-state index contributed by atoms with van der Waals surface area (Å²) >= 11 is 12.3. The Bertz CT molecular complexity index is 3130. The molecule has 1 unspecified atom stereocenters. The number of nitrogens with zero attached hydrogens (tertiary/aromatic N) is 8. The van der Waals surface area contributed by atoms with Gasteiger partial charge in [-0.2, -0.15) is 0 Å². The predicted octanol–water partition coefficient (Wildman–Crippen LogP) is 10.1. The predicted molar refractivity (Wildman–Crippen MR) is 235 cm³/mol. The fourth-order valence-electron chi connectivity index (χ4n) is 11.6. The summed E-state index contributed by atoms with van der Waals surface area (Å²) in [5, 5.41) is 13.2. The van der Waals surface area contributed by atoms with E-state index < -0.39 is 17.7 Å². The normalized spacial score (nSPS) is 25.0. The van der Waals surface area contributed by atoms with Gasteiger partial charge in [0.1, 0.15) is 22.6 Å².